The van der Waals surface area contributed by atoms with E-state index in [1.807, 2.05) is 111 Å². The van der Waals surface area contributed by atoms with Crippen LogP contribution in [0.1, 0.15) is 88.1 Å². The van der Waals surface area contributed by atoms with Gasteiger partial charge < -0.3 is 34.5 Å². The van der Waals surface area contributed by atoms with Gasteiger partial charge >= 0.3 is 0 Å². The molecule has 5 aromatic carbocycles. The smallest absolute Gasteiger partial charge is 0.263 e. The zero-order valence-electron chi connectivity index (χ0n) is 34.3. The number of alkyl halides is 1. The predicted octanol–water partition coefficient (Wildman–Crippen LogP) is 9.22. The second-order valence-electron chi connectivity index (χ2n) is 15.2. The van der Waals surface area contributed by atoms with Gasteiger partial charge in [-0.25, -0.2) is 4.39 Å². The van der Waals surface area contributed by atoms with E-state index in [4.69, 9.17) is 21.1 Å². The number of carbonyl (C=O) groups is 2. The fourth-order valence-corrected chi connectivity index (χ4v) is 7.89. The summed E-state index contributed by atoms with van der Waals surface area (Å²) >= 11 is 5.70. The van der Waals surface area contributed by atoms with E-state index < -0.39 is 51.4 Å². The van der Waals surface area contributed by atoms with Crippen LogP contribution in [0.2, 0.25) is 0 Å². The van der Waals surface area contributed by atoms with Crippen LogP contribution in [0, 0.1) is 23.4 Å². The fraction of sp³-hybridized carbons (Fsp3) is 0.312. The maximum atomic E-state index is 17.2. The number of amides is 1. The van der Waals surface area contributed by atoms with Crippen molar-refractivity contribution in [1.29, 1.82) is 0 Å². The summed E-state index contributed by atoms with van der Waals surface area (Å²) in [5.74, 6) is -8.18. The number of benzene rings is 5. The lowest BCUT2D eigenvalue weighted by molar-refractivity contribution is -0.255. The topological polar surface area (TPSA) is 94.2 Å². The van der Waals surface area contributed by atoms with Gasteiger partial charge in [-0.1, -0.05) is 49.2 Å². The first-order valence-electron chi connectivity index (χ1n) is 20.0. The van der Waals surface area contributed by atoms with E-state index in [0.717, 1.165) is 48.4 Å². The zero-order chi connectivity index (χ0) is 43.0. The maximum absolute atomic E-state index is 17.2. The quantitative estimate of drug-likeness (QED) is 0.0384. The molecule has 0 unspecified atom stereocenters. The summed E-state index contributed by atoms with van der Waals surface area (Å²) in [5.41, 5.74) is 1.25. The molecule has 0 spiro atoms. The molecule has 0 saturated carbocycles. The van der Waals surface area contributed by atoms with Gasteiger partial charge in [0.15, 0.2) is 17.5 Å². The lowest BCUT2D eigenvalue weighted by Crippen LogP contribution is -2.36. The van der Waals surface area contributed by atoms with Crippen molar-refractivity contribution in [3.05, 3.63) is 159 Å². The molecule has 1 amide bonds. The SMILES string of the molecule is CN(c1ccccc1)c1ccc2c(c1)C(C)(C)c1cc(N(C)c3ccccc3)ccc1[C+]2c1c(F)c(C(=O)NCCOCCOCCCCCCCl)c(F)c(F)c1C(=O)[O-]. The Balaban J connectivity index is 1.39. The minimum absolute atomic E-state index is 0.0193. The van der Waals surface area contributed by atoms with Gasteiger partial charge in [-0.15, -0.1) is 11.6 Å². The number of carboxylic acid groups (broad SMARTS) is 1. The van der Waals surface area contributed by atoms with Gasteiger partial charge in [-0.2, -0.15) is 8.78 Å². The zero-order valence-corrected chi connectivity index (χ0v) is 35.0. The van der Waals surface area contributed by atoms with Crippen LogP contribution in [0.4, 0.5) is 35.9 Å². The Bertz CT molecular complexity index is 2190. The molecule has 0 saturated heterocycles. The largest absolute Gasteiger partial charge is 0.538 e. The Morgan fingerprint density at radius 1 is 0.667 bits per heavy atom. The normalized spacial score (nSPS) is 12.8. The average Bonchev–Trinajstić information content (AvgIpc) is 3.25. The van der Waals surface area contributed by atoms with E-state index >= 15 is 13.2 Å². The minimum atomic E-state index is -2.14. The molecule has 0 bridgehead atoms. The first-order valence-corrected chi connectivity index (χ1v) is 20.6. The summed E-state index contributed by atoms with van der Waals surface area (Å²) in [7, 11) is 3.80. The molecule has 1 aliphatic rings. The lowest BCUT2D eigenvalue weighted by Gasteiger charge is -2.37. The van der Waals surface area contributed by atoms with Crippen LogP contribution in [0.3, 0.4) is 0 Å². The van der Waals surface area contributed by atoms with Gasteiger partial charge in [0.2, 0.25) is 0 Å². The molecule has 12 heteroatoms. The number of unbranched alkanes of at least 4 members (excludes halogenated alkanes) is 3. The number of nitrogens with one attached hydrogen (secondary N) is 1. The van der Waals surface area contributed by atoms with Gasteiger partial charge in [0, 0.05) is 55.6 Å². The molecule has 0 radical (unpaired) electrons. The molecule has 0 fully saturated rings. The number of hydrogen-bond acceptors (Lipinski definition) is 7. The van der Waals surface area contributed by atoms with Crippen molar-refractivity contribution in [2.75, 3.05) is 62.7 Å². The van der Waals surface area contributed by atoms with Gasteiger partial charge in [0.1, 0.15) is 17.1 Å². The highest BCUT2D eigenvalue weighted by Gasteiger charge is 2.47. The minimum Gasteiger partial charge on any atom is -0.538 e. The van der Waals surface area contributed by atoms with E-state index in [9.17, 15) is 14.7 Å². The van der Waals surface area contributed by atoms with Crippen molar-refractivity contribution >= 4 is 46.2 Å². The summed E-state index contributed by atoms with van der Waals surface area (Å²) in [6.45, 7) is 4.92. The number of hydrogen-bond donors (Lipinski definition) is 1. The lowest BCUT2D eigenvalue weighted by atomic mass is 9.63. The summed E-state index contributed by atoms with van der Waals surface area (Å²) in [4.78, 5) is 30.2. The van der Waals surface area contributed by atoms with E-state index in [-0.39, 0.29) is 25.7 Å². The standard InChI is InChI=1S/C48H49ClF3N3O5/c1-48(2)37-29-33(54(3)31-15-9-7-10-16-31)19-21-35(37)39(36-22-20-34(30-38(36)48)55(4)32-17-11-8-12-18-32)40-41(47(57)58)44(51)45(52)42(43(40)50)46(56)53-24-26-60-28-27-59-25-14-6-5-13-23-49/h7-12,15-22,29-30H,5-6,13-14,23-28H2,1-4H3,(H-,53,56,57,58). The molecule has 0 aliphatic heterocycles. The number of rotatable bonds is 19. The predicted molar refractivity (Wildman–Crippen MR) is 228 cm³/mol. The number of carboxylic acids is 1. The number of halogens is 4. The van der Waals surface area contributed by atoms with Crippen LogP contribution in [-0.4, -0.2) is 64.8 Å². The third kappa shape index (κ3) is 9.28. The molecule has 1 N–H and O–H groups in total. The summed E-state index contributed by atoms with van der Waals surface area (Å²) in [5, 5.41) is 15.2. The molecule has 8 nitrogen and oxygen atoms in total. The highest BCUT2D eigenvalue weighted by atomic mass is 35.5. The van der Waals surface area contributed by atoms with Crippen molar-refractivity contribution in [3.63, 3.8) is 0 Å². The molecule has 1 aliphatic carbocycles. The molecule has 0 heterocycles. The Hall–Kier alpha value is -5.49. The van der Waals surface area contributed by atoms with Crippen molar-refractivity contribution in [3.8, 4) is 0 Å². The van der Waals surface area contributed by atoms with Gasteiger partial charge in [-0.05, 0) is 87.4 Å². The highest BCUT2D eigenvalue weighted by Crippen LogP contribution is 2.52. The monoisotopic (exact) mass is 839 g/mol. The number of carbonyl (C=O) groups excluding carboxylic acids is 2. The van der Waals surface area contributed by atoms with Crippen molar-refractivity contribution in [1.82, 2.24) is 5.32 Å². The Morgan fingerprint density at radius 3 is 1.68 bits per heavy atom. The first kappa shape index (κ1) is 44.1. The maximum Gasteiger partial charge on any atom is 0.263 e. The van der Waals surface area contributed by atoms with Crippen LogP contribution in [-0.2, 0) is 14.9 Å². The Morgan fingerprint density at radius 2 is 1.17 bits per heavy atom. The highest BCUT2D eigenvalue weighted by molar-refractivity contribution is 6.17. The van der Waals surface area contributed by atoms with Crippen molar-refractivity contribution in [2.24, 2.45) is 0 Å². The van der Waals surface area contributed by atoms with E-state index in [0.29, 0.717) is 41.3 Å². The number of para-hydroxylation sites is 2. The van der Waals surface area contributed by atoms with Crippen molar-refractivity contribution in [2.45, 2.75) is 44.9 Å². The summed E-state index contributed by atoms with van der Waals surface area (Å²) in [6, 6.07) is 30.2. The molecule has 60 heavy (non-hydrogen) atoms. The van der Waals surface area contributed by atoms with Crippen LogP contribution in [0.5, 0.6) is 0 Å². The van der Waals surface area contributed by atoms with Gasteiger partial charge in [0.05, 0.1) is 59.2 Å². The molecular weight excluding hydrogens is 791 g/mol. The van der Waals surface area contributed by atoms with Crippen LogP contribution in [0.25, 0.3) is 0 Å². The summed E-state index contributed by atoms with van der Waals surface area (Å²) in [6.07, 6.45) is 3.90. The van der Waals surface area contributed by atoms with E-state index in [1.54, 1.807) is 24.3 Å². The molecule has 0 atom stereocenters. The molecule has 6 rings (SSSR count). The third-order valence-electron chi connectivity index (χ3n) is 11.0. The fourth-order valence-electron chi connectivity index (χ4n) is 7.70. The second-order valence-corrected chi connectivity index (χ2v) is 15.6. The van der Waals surface area contributed by atoms with Crippen LogP contribution >= 0.6 is 11.6 Å². The van der Waals surface area contributed by atoms with Crippen LogP contribution < -0.4 is 20.2 Å². The average molecular weight is 840 g/mol. The summed E-state index contributed by atoms with van der Waals surface area (Å²) < 4.78 is 60.2. The van der Waals surface area contributed by atoms with Crippen molar-refractivity contribution < 1.29 is 37.3 Å². The van der Waals surface area contributed by atoms with Gasteiger partial charge in [-0.3, -0.25) is 4.79 Å². The Kier molecular flexibility index (Phi) is 14.5. The molecule has 0 aromatic heterocycles. The Labute approximate surface area is 354 Å². The first-order chi connectivity index (χ1) is 28.9. The van der Waals surface area contributed by atoms with E-state index in [2.05, 4.69) is 5.32 Å². The second kappa shape index (κ2) is 19.7. The number of aromatic carboxylic acids is 1. The molecular formula is C48H49ClF3N3O5. The van der Waals surface area contributed by atoms with E-state index in [1.165, 1.54) is 0 Å². The molecule has 314 valence electrons. The van der Waals surface area contributed by atoms with Gasteiger partial charge in [0.25, 0.3) is 5.91 Å². The number of anilines is 4. The number of fused-ring (bicyclic) bond motifs is 2. The number of ether oxygens (including phenoxy) is 2. The third-order valence-corrected chi connectivity index (χ3v) is 11.3. The van der Waals surface area contributed by atoms with Crippen LogP contribution in [0.15, 0.2) is 97.1 Å². The molecule has 5 aromatic rings. The number of nitrogens with zero attached hydrogens (tertiary/aromatic N) is 2.